The minimum atomic E-state index is 0.0996. The first-order valence-corrected chi connectivity index (χ1v) is 7.47. The third-order valence-electron chi connectivity index (χ3n) is 4.91. The zero-order valence-electron chi connectivity index (χ0n) is 13.1. The van der Waals surface area contributed by atoms with Crippen molar-refractivity contribution in [1.29, 1.82) is 0 Å². The monoisotopic (exact) mass is 286 g/mol. The number of carbonyl (C=O) groups excluding carboxylic acids is 1. The number of amides is 1. The Labute approximate surface area is 124 Å². The predicted octanol–water partition coefficient (Wildman–Crippen LogP) is 2.48. The average Bonchev–Trinajstić information content (AvgIpc) is 2.82. The summed E-state index contributed by atoms with van der Waals surface area (Å²) in [5.74, 6) is 0.742. The Morgan fingerprint density at radius 3 is 2.86 bits per heavy atom. The molecule has 1 aromatic heterocycles. The predicted molar refractivity (Wildman–Crippen MR) is 82.0 cm³/mol. The highest BCUT2D eigenvalue weighted by molar-refractivity contribution is 5.97. The van der Waals surface area contributed by atoms with E-state index in [4.69, 9.17) is 0 Å². The molecule has 0 radical (unpaired) electrons. The number of hydrogen-bond acceptors (Lipinski definition) is 3. The molecule has 1 atom stereocenters. The van der Waals surface area contributed by atoms with Crippen LogP contribution in [0.15, 0.2) is 18.2 Å². The van der Waals surface area contributed by atoms with Gasteiger partial charge in [-0.25, -0.2) is 4.68 Å². The van der Waals surface area contributed by atoms with E-state index < -0.39 is 0 Å². The third-order valence-corrected chi connectivity index (χ3v) is 4.91. The van der Waals surface area contributed by atoms with E-state index >= 15 is 0 Å². The third kappa shape index (κ3) is 2.41. The highest BCUT2D eigenvalue weighted by atomic mass is 16.2. The summed E-state index contributed by atoms with van der Waals surface area (Å²) >= 11 is 0. The lowest BCUT2D eigenvalue weighted by molar-refractivity contribution is 0.0428. The molecule has 1 aliphatic heterocycles. The summed E-state index contributed by atoms with van der Waals surface area (Å²) in [6, 6.07) is 5.63. The standard InChI is InChI=1S/C16H22N4O/c1-11-7-8-20(10-16(11,2)3)15(21)12-5-6-14-13(9-12)17-18-19(14)4/h5-6,9,11H,7-8,10H2,1-4H3. The summed E-state index contributed by atoms with van der Waals surface area (Å²) < 4.78 is 1.72. The second-order valence-electron chi connectivity index (χ2n) is 6.82. The van der Waals surface area contributed by atoms with E-state index in [1.165, 1.54) is 0 Å². The van der Waals surface area contributed by atoms with Crippen LogP contribution in [0.4, 0.5) is 0 Å². The van der Waals surface area contributed by atoms with E-state index in [-0.39, 0.29) is 11.3 Å². The molecular weight excluding hydrogens is 264 g/mol. The Morgan fingerprint density at radius 1 is 1.38 bits per heavy atom. The number of fused-ring (bicyclic) bond motifs is 1. The van der Waals surface area contributed by atoms with E-state index in [9.17, 15) is 4.79 Å². The lowest BCUT2D eigenvalue weighted by Gasteiger charge is -2.43. The van der Waals surface area contributed by atoms with Crippen molar-refractivity contribution in [1.82, 2.24) is 19.9 Å². The second-order valence-corrected chi connectivity index (χ2v) is 6.82. The van der Waals surface area contributed by atoms with Crippen molar-refractivity contribution in [3.8, 4) is 0 Å². The maximum absolute atomic E-state index is 12.7. The van der Waals surface area contributed by atoms with E-state index in [0.29, 0.717) is 11.5 Å². The van der Waals surface area contributed by atoms with Gasteiger partial charge in [-0.2, -0.15) is 0 Å². The number of hydrogen-bond donors (Lipinski definition) is 0. The highest BCUT2D eigenvalue weighted by Gasteiger charge is 2.35. The molecule has 0 spiro atoms. The molecule has 21 heavy (non-hydrogen) atoms. The van der Waals surface area contributed by atoms with Gasteiger partial charge in [0, 0.05) is 25.7 Å². The van der Waals surface area contributed by atoms with Gasteiger partial charge >= 0.3 is 0 Å². The molecule has 2 aromatic rings. The summed E-state index contributed by atoms with van der Waals surface area (Å²) in [6.45, 7) is 8.40. The zero-order valence-corrected chi connectivity index (χ0v) is 13.1. The number of piperidine rings is 1. The molecular formula is C16H22N4O. The van der Waals surface area contributed by atoms with Crippen molar-refractivity contribution < 1.29 is 4.79 Å². The summed E-state index contributed by atoms with van der Waals surface area (Å²) in [6.07, 6.45) is 1.06. The molecule has 1 aliphatic rings. The topological polar surface area (TPSA) is 51.0 Å². The van der Waals surface area contributed by atoms with Crippen molar-refractivity contribution in [3.05, 3.63) is 23.8 Å². The Kier molecular flexibility index (Phi) is 3.23. The smallest absolute Gasteiger partial charge is 0.253 e. The van der Waals surface area contributed by atoms with Crippen molar-refractivity contribution in [3.63, 3.8) is 0 Å². The number of likely N-dealkylation sites (tertiary alicyclic amines) is 1. The summed E-state index contributed by atoms with van der Waals surface area (Å²) in [5.41, 5.74) is 2.59. The van der Waals surface area contributed by atoms with Gasteiger partial charge in [0.2, 0.25) is 0 Å². The van der Waals surface area contributed by atoms with Gasteiger partial charge in [0.05, 0.1) is 5.52 Å². The molecule has 2 heterocycles. The number of nitrogens with zero attached hydrogens (tertiary/aromatic N) is 4. The molecule has 1 aromatic carbocycles. The molecule has 3 rings (SSSR count). The quantitative estimate of drug-likeness (QED) is 0.809. The van der Waals surface area contributed by atoms with E-state index in [0.717, 1.165) is 30.5 Å². The number of rotatable bonds is 1. The van der Waals surface area contributed by atoms with Crippen LogP contribution in [-0.4, -0.2) is 38.9 Å². The van der Waals surface area contributed by atoms with Gasteiger partial charge in [0.15, 0.2) is 0 Å². The zero-order chi connectivity index (χ0) is 15.2. The largest absolute Gasteiger partial charge is 0.338 e. The minimum Gasteiger partial charge on any atom is -0.338 e. The van der Waals surface area contributed by atoms with Crippen LogP contribution in [0.3, 0.4) is 0 Å². The van der Waals surface area contributed by atoms with Crippen molar-refractivity contribution in [2.75, 3.05) is 13.1 Å². The molecule has 112 valence electrons. The molecule has 5 nitrogen and oxygen atoms in total. The average molecular weight is 286 g/mol. The van der Waals surface area contributed by atoms with Crippen LogP contribution in [0.1, 0.15) is 37.6 Å². The van der Waals surface area contributed by atoms with E-state index in [2.05, 4.69) is 31.1 Å². The fraction of sp³-hybridized carbons (Fsp3) is 0.562. The van der Waals surface area contributed by atoms with Gasteiger partial charge in [-0.05, 0) is 36.0 Å². The molecule has 0 aliphatic carbocycles. The van der Waals surface area contributed by atoms with Crippen LogP contribution in [-0.2, 0) is 7.05 Å². The van der Waals surface area contributed by atoms with Gasteiger partial charge in [-0.1, -0.05) is 26.0 Å². The lowest BCUT2D eigenvalue weighted by Crippen LogP contribution is -2.47. The van der Waals surface area contributed by atoms with E-state index in [1.807, 2.05) is 30.1 Å². The van der Waals surface area contributed by atoms with Crippen LogP contribution in [0.25, 0.3) is 11.0 Å². The Morgan fingerprint density at radius 2 is 2.14 bits per heavy atom. The van der Waals surface area contributed by atoms with Crippen LogP contribution < -0.4 is 0 Å². The van der Waals surface area contributed by atoms with E-state index in [1.54, 1.807) is 4.68 Å². The van der Waals surface area contributed by atoms with Crippen LogP contribution in [0.2, 0.25) is 0 Å². The first-order valence-electron chi connectivity index (χ1n) is 7.47. The van der Waals surface area contributed by atoms with Gasteiger partial charge in [0.1, 0.15) is 5.52 Å². The number of aryl methyl sites for hydroxylation is 1. The Balaban J connectivity index is 1.86. The van der Waals surface area contributed by atoms with Gasteiger partial charge in [0.25, 0.3) is 5.91 Å². The molecule has 0 saturated carbocycles. The number of benzene rings is 1. The Bertz CT molecular complexity index is 689. The summed E-state index contributed by atoms with van der Waals surface area (Å²) in [7, 11) is 1.85. The second kappa shape index (κ2) is 4.83. The maximum Gasteiger partial charge on any atom is 0.253 e. The molecule has 1 saturated heterocycles. The highest BCUT2D eigenvalue weighted by Crippen LogP contribution is 2.34. The number of carbonyl (C=O) groups is 1. The van der Waals surface area contributed by atoms with Gasteiger partial charge in [-0.3, -0.25) is 4.79 Å². The minimum absolute atomic E-state index is 0.0996. The molecule has 1 amide bonds. The normalized spacial score (nSPS) is 21.7. The van der Waals surface area contributed by atoms with Crippen molar-refractivity contribution in [2.24, 2.45) is 18.4 Å². The SMILES string of the molecule is CC1CCN(C(=O)c2ccc3c(c2)nnn3C)CC1(C)C. The summed E-state index contributed by atoms with van der Waals surface area (Å²) in [4.78, 5) is 14.7. The fourth-order valence-corrected chi connectivity index (χ4v) is 3.00. The molecule has 1 fully saturated rings. The first kappa shape index (κ1) is 14.0. The summed E-state index contributed by atoms with van der Waals surface area (Å²) in [5, 5.41) is 8.07. The molecule has 5 heteroatoms. The fourth-order valence-electron chi connectivity index (χ4n) is 3.00. The molecule has 0 bridgehead atoms. The van der Waals surface area contributed by atoms with Gasteiger partial charge < -0.3 is 4.90 Å². The molecule has 1 unspecified atom stereocenters. The van der Waals surface area contributed by atoms with Crippen LogP contribution in [0.5, 0.6) is 0 Å². The Hall–Kier alpha value is -1.91. The van der Waals surface area contributed by atoms with Crippen molar-refractivity contribution in [2.45, 2.75) is 27.2 Å². The number of aromatic nitrogens is 3. The van der Waals surface area contributed by atoms with Crippen LogP contribution in [0, 0.1) is 11.3 Å². The van der Waals surface area contributed by atoms with Crippen molar-refractivity contribution >= 4 is 16.9 Å². The molecule has 0 N–H and O–H groups in total. The van der Waals surface area contributed by atoms with Gasteiger partial charge in [-0.15, -0.1) is 5.10 Å². The first-order chi connectivity index (χ1) is 9.88. The lowest BCUT2D eigenvalue weighted by atomic mass is 9.75. The maximum atomic E-state index is 12.7. The van der Waals surface area contributed by atoms with Crippen LogP contribution >= 0.6 is 0 Å².